The van der Waals surface area contributed by atoms with Gasteiger partial charge in [-0.05, 0) is 17.4 Å². The van der Waals surface area contributed by atoms with Crippen molar-refractivity contribution in [2.75, 3.05) is 0 Å². The molecule has 0 spiro atoms. The lowest BCUT2D eigenvalue weighted by Crippen LogP contribution is -1.76. The van der Waals surface area contributed by atoms with Crippen LogP contribution < -0.4 is 0 Å². The van der Waals surface area contributed by atoms with E-state index in [0.717, 1.165) is 6.42 Å². The molecule has 0 aliphatic heterocycles. The van der Waals surface area contributed by atoms with E-state index < -0.39 is 0 Å². The van der Waals surface area contributed by atoms with Crippen LogP contribution in [-0.4, -0.2) is 0 Å². The highest BCUT2D eigenvalue weighted by Crippen LogP contribution is 1.99. The van der Waals surface area contributed by atoms with Crippen molar-refractivity contribution in [2.24, 2.45) is 0 Å². The molecule has 10 heavy (non-hydrogen) atoms. The summed E-state index contributed by atoms with van der Waals surface area (Å²) in [6.07, 6.45) is 3.00. The average molecular weight is 150 g/mol. The van der Waals surface area contributed by atoms with E-state index in [-0.39, 0.29) is 0 Å². The summed E-state index contributed by atoms with van der Waals surface area (Å²) in [5.41, 5.74) is 1.33. The first-order chi connectivity index (χ1) is 4.93. The molecule has 1 heteroatoms. The number of hydrogen-bond acceptors (Lipinski definition) is 1. The standard InChI is InChI=1S/C9H10S/c10-8-4-7-9-5-2-1-3-6-9/h1-6,8,10H,7H2. The van der Waals surface area contributed by atoms with Gasteiger partial charge in [-0.1, -0.05) is 36.4 Å². The topological polar surface area (TPSA) is 0 Å². The fraction of sp³-hybridized carbons (Fsp3) is 0.111. The molecule has 0 amide bonds. The van der Waals surface area contributed by atoms with Crippen molar-refractivity contribution in [2.45, 2.75) is 6.42 Å². The molecule has 1 aromatic carbocycles. The van der Waals surface area contributed by atoms with E-state index in [2.05, 4.69) is 24.8 Å². The number of benzene rings is 1. The third-order valence-electron chi connectivity index (χ3n) is 1.30. The maximum absolute atomic E-state index is 3.97. The third kappa shape index (κ3) is 2.28. The Labute approximate surface area is 67.0 Å². The summed E-state index contributed by atoms with van der Waals surface area (Å²) >= 11 is 3.97. The molecule has 1 rings (SSSR count). The molecule has 0 saturated heterocycles. The second-order valence-corrected chi connectivity index (χ2v) is 2.37. The predicted molar refractivity (Wildman–Crippen MR) is 48.3 cm³/mol. The second-order valence-electron chi connectivity index (χ2n) is 2.07. The molecule has 0 fully saturated rings. The van der Waals surface area contributed by atoms with E-state index in [0.29, 0.717) is 0 Å². The fourth-order valence-corrected chi connectivity index (χ4v) is 0.908. The zero-order valence-electron chi connectivity index (χ0n) is 5.70. The smallest absolute Gasteiger partial charge is 0.00894 e. The lowest BCUT2D eigenvalue weighted by atomic mass is 10.2. The quantitative estimate of drug-likeness (QED) is 0.616. The van der Waals surface area contributed by atoms with Crippen LogP contribution in [0.15, 0.2) is 41.8 Å². The molecule has 0 bridgehead atoms. The van der Waals surface area contributed by atoms with Crippen LogP contribution in [0.1, 0.15) is 5.56 Å². The number of allylic oxidation sites excluding steroid dienone is 1. The summed E-state index contributed by atoms with van der Waals surface area (Å²) in [5.74, 6) is 0. The highest BCUT2D eigenvalue weighted by atomic mass is 32.1. The zero-order chi connectivity index (χ0) is 7.23. The van der Waals surface area contributed by atoms with Crippen molar-refractivity contribution in [1.82, 2.24) is 0 Å². The third-order valence-corrected chi connectivity index (χ3v) is 1.51. The van der Waals surface area contributed by atoms with Crippen LogP contribution >= 0.6 is 12.6 Å². The van der Waals surface area contributed by atoms with E-state index in [1.54, 1.807) is 5.41 Å². The molecule has 0 atom stereocenters. The van der Waals surface area contributed by atoms with Gasteiger partial charge >= 0.3 is 0 Å². The molecule has 0 heterocycles. The number of rotatable bonds is 2. The molecule has 0 saturated carbocycles. The van der Waals surface area contributed by atoms with Crippen LogP contribution in [-0.2, 0) is 6.42 Å². The minimum absolute atomic E-state index is 0.977. The largest absolute Gasteiger partial charge is 0.152 e. The van der Waals surface area contributed by atoms with Gasteiger partial charge in [0.2, 0.25) is 0 Å². The van der Waals surface area contributed by atoms with Crippen LogP contribution in [0.25, 0.3) is 0 Å². The van der Waals surface area contributed by atoms with Crippen LogP contribution in [0, 0.1) is 0 Å². The highest BCUT2D eigenvalue weighted by molar-refractivity contribution is 7.83. The van der Waals surface area contributed by atoms with E-state index in [1.165, 1.54) is 5.56 Å². The average Bonchev–Trinajstić information content (AvgIpc) is 2.03. The highest BCUT2D eigenvalue weighted by Gasteiger charge is 1.83. The van der Waals surface area contributed by atoms with E-state index in [9.17, 15) is 0 Å². The molecule has 0 aliphatic carbocycles. The minimum Gasteiger partial charge on any atom is -0.152 e. The minimum atomic E-state index is 0.977. The maximum atomic E-state index is 3.97. The van der Waals surface area contributed by atoms with Crippen molar-refractivity contribution < 1.29 is 0 Å². The van der Waals surface area contributed by atoms with Gasteiger partial charge in [0.1, 0.15) is 0 Å². The van der Waals surface area contributed by atoms with Gasteiger partial charge in [0.15, 0.2) is 0 Å². The Balaban J connectivity index is 2.59. The maximum Gasteiger partial charge on any atom is -0.00894 e. The van der Waals surface area contributed by atoms with Gasteiger partial charge in [-0.2, -0.15) is 12.6 Å². The molecular weight excluding hydrogens is 140 g/mol. The van der Waals surface area contributed by atoms with Crippen LogP contribution in [0.4, 0.5) is 0 Å². The molecule has 52 valence electrons. The predicted octanol–water partition coefficient (Wildman–Crippen LogP) is 2.67. The summed E-state index contributed by atoms with van der Waals surface area (Å²) in [6, 6.07) is 10.3. The van der Waals surface area contributed by atoms with Gasteiger partial charge in [0.05, 0.1) is 0 Å². The summed E-state index contributed by atoms with van der Waals surface area (Å²) in [5, 5.41) is 1.77. The van der Waals surface area contributed by atoms with Crippen LogP contribution in [0.3, 0.4) is 0 Å². The Kier molecular flexibility index (Phi) is 3.10. The summed E-state index contributed by atoms with van der Waals surface area (Å²) < 4.78 is 0. The molecular formula is C9H10S. The Morgan fingerprint density at radius 3 is 2.50 bits per heavy atom. The van der Waals surface area contributed by atoms with Gasteiger partial charge in [-0.3, -0.25) is 0 Å². The zero-order valence-corrected chi connectivity index (χ0v) is 6.59. The first-order valence-electron chi connectivity index (χ1n) is 3.26. The van der Waals surface area contributed by atoms with Gasteiger partial charge < -0.3 is 0 Å². The van der Waals surface area contributed by atoms with Crippen molar-refractivity contribution in [3.8, 4) is 0 Å². The molecule has 0 radical (unpaired) electrons. The first kappa shape index (κ1) is 7.42. The van der Waals surface area contributed by atoms with Crippen molar-refractivity contribution in [1.29, 1.82) is 0 Å². The monoisotopic (exact) mass is 150 g/mol. The van der Waals surface area contributed by atoms with E-state index in [1.807, 2.05) is 24.3 Å². The van der Waals surface area contributed by atoms with E-state index >= 15 is 0 Å². The van der Waals surface area contributed by atoms with Gasteiger partial charge in [-0.25, -0.2) is 0 Å². The van der Waals surface area contributed by atoms with Crippen molar-refractivity contribution in [3.63, 3.8) is 0 Å². The van der Waals surface area contributed by atoms with Crippen molar-refractivity contribution >= 4 is 12.6 Å². The molecule has 0 nitrogen and oxygen atoms in total. The van der Waals surface area contributed by atoms with Crippen LogP contribution in [0.5, 0.6) is 0 Å². The molecule has 0 aromatic heterocycles. The fourth-order valence-electron chi connectivity index (χ4n) is 0.803. The van der Waals surface area contributed by atoms with Crippen LogP contribution in [0.2, 0.25) is 0 Å². The summed E-state index contributed by atoms with van der Waals surface area (Å²) in [4.78, 5) is 0. The van der Waals surface area contributed by atoms with Gasteiger partial charge in [-0.15, -0.1) is 0 Å². The Hall–Kier alpha value is -0.690. The number of thiol groups is 1. The Bertz CT molecular complexity index is 201. The summed E-state index contributed by atoms with van der Waals surface area (Å²) in [7, 11) is 0. The molecule has 0 unspecified atom stereocenters. The Morgan fingerprint density at radius 1 is 1.20 bits per heavy atom. The SMILES string of the molecule is SC=CCc1ccccc1. The number of hydrogen-bond donors (Lipinski definition) is 1. The Morgan fingerprint density at radius 2 is 1.90 bits per heavy atom. The van der Waals surface area contributed by atoms with Crippen molar-refractivity contribution in [3.05, 3.63) is 47.4 Å². The van der Waals surface area contributed by atoms with Gasteiger partial charge in [0, 0.05) is 0 Å². The molecule has 0 N–H and O–H groups in total. The second kappa shape index (κ2) is 4.18. The lowest BCUT2D eigenvalue weighted by molar-refractivity contribution is 1.28. The van der Waals surface area contributed by atoms with Gasteiger partial charge in [0.25, 0.3) is 0 Å². The van der Waals surface area contributed by atoms with E-state index in [4.69, 9.17) is 0 Å². The molecule has 0 aliphatic rings. The first-order valence-corrected chi connectivity index (χ1v) is 3.78. The summed E-state index contributed by atoms with van der Waals surface area (Å²) in [6.45, 7) is 0. The molecule has 1 aromatic rings. The normalized spacial score (nSPS) is 10.5. The lowest BCUT2D eigenvalue weighted by Gasteiger charge is -1.91.